The van der Waals surface area contributed by atoms with Crippen LogP contribution in [0.15, 0.2) is 63.4 Å². The minimum absolute atomic E-state index is 0.128. The van der Waals surface area contributed by atoms with Gasteiger partial charge in [0.05, 0.1) is 11.4 Å². The van der Waals surface area contributed by atoms with Crippen LogP contribution in [0, 0.1) is 20.8 Å². The zero-order chi connectivity index (χ0) is 24.1. The van der Waals surface area contributed by atoms with Gasteiger partial charge in [-0.15, -0.1) is 11.8 Å². The highest BCUT2D eigenvalue weighted by molar-refractivity contribution is 7.98. The highest BCUT2D eigenvalue weighted by Gasteiger charge is 2.10. The molecule has 0 aliphatic rings. The predicted octanol–water partition coefficient (Wildman–Crippen LogP) is 4.79. The number of aryl methyl sites for hydroxylation is 2. The van der Waals surface area contributed by atoms with Crippen molar-refractivity contribution >= 4 is 41.1 Å². The highest BCUT2D eigenvalue weighted by atomic mass is 32.2. The van der Waals surface area contributed by atoms with Crippen LogP contribution in [0.1, 0.15) is 28.2 Å². The number of aromatic nitrogens is 5. The minimum Gasteiger partial charge on any atom is -0.368 e. The number of benzene rings is 2. The predicted molar refractivity (Wildman–Crippen MR) is 139 cm³/mol. The van der Waals surface area contributed by atoms with Gasteiger partial charge in [0.1, 0.15) is 5.82 Å². The van der Waals surface area contributed by atoms with Gasteiger partial charge in [-0.1, -0.05) is 41.6 Å². The minimum atomic E-state index is -0.190. The first-order chi connectivity index (χ1) is 16.4. The summed E-state index contributed by atoms with van der Waals surface area (Å²) in [5.74, 6) is 1.98. The lowest BCUT2D eigenvalue weighted by Gasteiger charge is -2.11. The summed E-state index contributed by atoms with van der Waals surface area (Å²) >= 11 is 2.98. The van der Waals surface area contributed by atoms with E-state index in [9.17, 15) is 4.79 Å². The molecule has 0 saturated carbocycles. The van der Waals surface area contributed by atoms with Gasteiger partial charge in [-0.25, -0.2) is 4.98 Å². The van der Waals surface area contributed by atoms with Crippen LogP contribution in [-0.2, 0) is 11.5 Å². The van der Waals surface area contributed by atoms with Gasteiger partial charge < -0.3 is 16.0 Å². The molecule has 4 N–H and O–H groups in total. The molecule has 0 fully saturated rings. The fourth-order valence-electron chi connectivity index (χ4n) is 3.12. The Labute approximate surface area is 206 Å². The maximum absolute atomic E-state index is 12.2. The molecule has 2 heterocycles. The van der Waals surface area contributed by atoms with E-state index >= 15 is 0 Å². The Balaban J connectivity index is 1.44. The second-order valence-electron chi connectivity index (χ2n) is 7.74. The summed E-state index contributed by atoms with van der Waals surface area (Å²) in [6.45, 7) is 6.13. The van der Waals surface area contributed by atoms with Crippen LogP contribution in [0.5, 0.6) is 0 Å². The van der Waals surface area contributed by atoms with Crippen LogP contribution in [0.2, 0.25) is 0 Å². The van der Waals surface area contributed by atoms with Crippen molar-refractivity contribution < 1.29 is 0 Å². The smallest absolute Gasteiger partial charge is 0.251 e. The van der Waals surface area contributed by atoms with Crippen LogP contribution >= 0.6 is 23.5 Å². The monoisotopic (exact) mass is 491 g/mol. The fourth-order valence-corrected chi connectivity index (χ4v) is 4.66. The Bertz CT molecular complexity index is 1360. The molecule has 174 valence electrons. The summed E-state index contributed by atoms with van der Waals surface area (Å²) in [6.07, 6.45) is 0. The Kier molecular flexibility index (Phi) is 7.49. The number of hydrogen-bond acceptors (Lipinski definition) is 9. The van der Waals surface area contributed by atoms with Crippen molar-refractivity contribution in [2.45, 2.75) is 42.3 Å². The van der Waals surface area contributed by atoms with E-state index in [0.29, 0.717) is 34.1 Å². The molecule has 8 nitrogen and oxygen atoms in total. The molecule has 0 spiro atoms. The van der Waals surface area contributed by atoms with E-state index in [4.69, 9.17) is 5.73 Å². The normalized spacial score (nSPS) is 10.9. The standard InChI is InChI=1S/C24H25N7OS2/c1-14-7-9-18(10-8-14)33-12-17-11-21(32)30-24(26-17)34-13-20-28-22(25)31-23(29-20)27-19-6-4-5-15(2)16(19)3/h4-11H,12-13H2,1-3H3,(H,26,30,32)(H3,25,27,28,29,31). The van der Waals surface area contributed by atoms with Crippen molar-refractivity contribution in [2.75, 3.05) is 11.1 Å². The molecule has 0 aliphatic carbocycles. The van der Waals surface area contributed by atoms with Gasteiger partial charge in [0, 0.05) is 22.4 Å². The number of thioether (sulfide) groups is 2. The summed E-state index contributed by atoms with van der Waals surface area (Å²) in [6, 6.07) is 15.8. The highest BCUT2D eigenvalue weighted by Crippen LogP contribution is 2.24. The van der Waals surface area contributed by atoms with E-state index in [1.807, 2.05) is 32.0 Å². The second-order valence-corrected chi connectivity index (χ2v) is 9.75. The molecule has 0 bridgehead atoms. The van der Waals surface area contributed by atoms with Crippen molar-refractivity contribution in [1.82, 2.24) is 24.9 Å². The molecule has 2 aromatic heterocycles. The third-order valence-electron chi connectivity index (χ3n) is 5.07. The van der Waals surface area contributed by atoms with Crippen LogP contribution in [-0.4, -0.2) is 24.9 Å². The lowest BCUT2D eigenvalue weighted by Crippen LogP contribution is -2.10. The fraction of sp³-hybridized carbons (Fsp3) is 0.208. The summed E-state index contributed by atoms with van der Waals surface area (Å²) in [4.78, 5) is 33.6. The van der Waals surface area contributed by atoms with E-state index < -0.39 is 0 Å². The number of nitrogens with zero attached hydrogens (tertiary/aromatic N) is 4. The average molecular weight is 492 g/mol. The molecule has 0 amide bonds. The van der Waals surface area contributed by atoms with E-state index in [2.05, 4.69) is 61.4 Å². The summed E-state index contributed by atoms with van der Waals surface area (Å²) in [5.41, 5.74) is 10.8. The summed E-state index contributed by atoms with van der Waals surface area (Å²) in [7, 11) is 0. The van der Waals surface area contributed by atoms with Gasteiger partial charge in [0.15, 0.2) is 5.16 Å². The molecule has 0 unspecified atom stereocenters. The second kappa shape index (κ2) is 10.7. The number of nitrogens with one attached hydrogen (secondary N) is 2. The zero-order valence-electron chi connectivity index (χ0n) is 19.1. The first-order valence-electron chi connectivity index (χ1n) is 10.6. The Morgan fingerprint density at radius 3 is 2.53 bits per heavy atom. The van der Waals surface area contributed by atoms with E-state index in [0.717, 1.165) is 16.1 Å². The summed E-state index contributed by atoms with van der Waals surface area (Å²) < 4.78 is 0. The van der Waals surface area contributed by atoms with Crippen molar-refractivity contribution in [3.05, 3.63) is 87.1 Å². The van der Waals surface area contributed by atoms with Gasteiger partial charge in [0.25, 0.3) is 5.56 Å². The topological polar surface area (TPSA) is 122 Å². The third-order valence-corrected chi connectivity index (χ3v) is 6.98. The molecule has 0 atom stereocenters. The van der Waals surface area contributed by atoms with Gasteiger partial charge in [-0.2, -0.15) is 15.0 Å². The molecular formula is C24H25N7OS2. The van der Waals surface area contributed by atoms with Crippen LogP contribution in [0.3, 0.4) is 0 Å². The number of rotatable bonds is 8. The number of hydrogen-bond donors (Lipinski definition) is 3. The van der Waals surface area contributed by atoms with Crippen LogP contribution in [0.25, 0.3) is 0 Å². The Hall–Kier alpha value is -3.37. The van der Waals surface area contributed by atoms with E-state index in [1.54, 1.807) is 11.8 Å². The van der Waals surface area contributed by atoms with Gasteiger partial charge in [-0.05, 0) is 50.1 Å². The van der Waals surface area contributed by atoms with Crippen LogP contribution < -0.4 is 16.6 Å². The SMILES string of the molecule is Cc1ccc(SCc2cc(=O)[nH]c(SCc3nc(N)nc(Nc4cccc(C)c4C)n3)n2)cc1. The molecule has 0 aliphatic heterocycles. The molecular weight excluding hydrogens is 466 g/mol. The lowest BCUT2D eigenvalue weighted by molar-refractivity contribution is 0.895. The number of nitrogen functional groups attached to an aromatic ring is 1. The van der Waals surface area contributed by atoms with E-state index in [1.165, 1.54) is 29.0 Å². The third kappa shape index (κ3) is 6.36. The first-order valence-corrected chi connectivity index (χ1v) is 12.6. The quantitative estimate of drug-likeness (QED) is 0.236. The number of nitrogens with two attached hydrogens (primary N) is 1. The molecule has 4 rings (SSSR count). The molecule has 0 saturated heterocycles. The number of aromatic amines is 1. The number of H-pyrrole nitrogens is 1. The van der Waals surface area contributed by atoms with Crippen molar-refractivity contribution in [3.63, 3.8) is 0 Å². The van der Waals surface area contributed by atoms with Crippen molar-refractivity contribution in [1.29, 1.82) is 0 Å². The van der Waals surface area contributed by atoms with E-state index in [-0.39, 0.29) is 11.5 Å². The molecule has 2 aromatic carbocycles. The molecule has 34 heavy (non-hydrogen) atoms. The van der Waals surface area contributed by atoms with Gasteiger partial charge in [-0.3, -0.25) is 4.79 Å². The Morgan fingerprint density at radius 1 is 0.941 bits per heavy atom. The van der Waals surface area contributed by atoms with Crippen molar-refractivity contribution in [3.8, 4) is 0 Å². The zero-order valence-corrected chi connectivity index (χ0v) is 20.8. The van der Waals surface area contributed by atoms with Crippen molar-refractivity contribution in [2.24, 2.45) is 0 Å². The maximum atomic E-state index is 12.2. The molecule has 4 aromatic rings. The molecule has 10 heteroatoms. The largest absolute Gasteiger partial charge is 0.368 e. The first kappa shape index (κ1) is 23.8. The maximum Gasteiger partial charge on any atom is 0.251 e. The summed E-state index contributed by atoms with van der Waals surface area (Å²) in [5, 5.41) is 3.73. The average Bonchev–Trinajstić information content (AvgIpc) is 2.80. The lowest BCUT2D eigenvalue weighted by atomic mass is 10.1. The Morgan fingerprint density at radius 2 is 1.74 bits per heavy atom. The van der Waals surface area contributed by atoms with Gasteiger partial charge in [0.2, 0.25) is 11.9 Å². The molecule has 0 radical (unpaired) electrons. The van der Waals surface area contributed by atoms with Crippen LogP contribution in [0.4, 0.5) is 17.6 Å². The van der Waals surface area contributed by atoms with Gasteiger partial charge >= 0.3 is 0 Å². The number of anilines is 3.